The first-order chi connectivity index (χ1) is 8.71. The molecule has 0 amide bonds. The highest BCUT2D eigenvalue weighted by Gasteiger charge is 2.80. The number of hydrogen-bond donors (Lipinski definition) is 1. The SMILES string of the molecule is O=S(=O)(O)C(F)(OC(F)(F)C(F)(F)C(F)(F)F)C(F)(F)F. The van der Waals surface area contributed by atoms with Crippen LogP contribution in [0.2, 0.25) is 0 Å². The lowest BCUT2D eigenvalue weighted by molar-refractivity contribution is -0.466. The average molecular weight is 366 g/mol. The van der Waals surface area contributed by atoms with Crippen LogP contribution in [0.25, 0.3) is 0 Å². The first-order valence-corrected chi connectivity index (χ1v) is 5.40. The fourth-order valence-corrected chi connectivity index (χ4v) is 1.15. The van der Waals surface area contributed by atoms with Gasteiger partial charge in [-0.2, -0.15) is 56.7 Å². The summed E-state index contributed by atoms with van der Waals surface area (Å²) in [6.07, 6.45) is -21.7. The molecule has 21 heavy (non-hydrogen) atoms. The van der Waals surface area contributed by atoms with Crippen molar-refractivity contribution in [1.29, 1.82) is 0 Å². The number of alkyl halides is 11. The number of hydrogen-bond acceptors (Lipinski definition) is 3. The standard InChI is InChI=1S/C5HF11O4S/c6-1(7,2(8,9)10)4(14,15)20-5(16,3(11,12)13)21(17,18)19/h(H,17,18,19). The second-order valence-corrected chi connectivity index (χ2v) is 4.68. The van der Waals surface area contributed by atoms with E-state index in [1.54, 1.807) is 0 Å². The minimum absolute atomic E-state index is 1.51. The second kappa shape index (κ2) is 4.80. The van der Waals surface area contributed by atoms with E-state index in [9.17, 15) is 56.7 Å². The smallest absolute Gasteiger partial charge is 0.281 e. The Kier molecular flexibility index (Phi) is 4.60. The number of ether oxygens (including phenoxy) is 1. The molecule has 0 radical (unpaired) electrons. The van der Waals surface area contributed by atoms with Crippen molar-refractivity contribution in [2.75, 3.05) is 0 Å². The molecular weight excluding hydrogens is 365 g/mol. The zero-order valence-electron chi connectivity index (χ0n) is 8.74. The molecule has 0 heterocycles. The van der Waals surface area contributed by atoms with Gasteiger partial charge in [0.25, 0.3) is 0 Å². The molecule has 4 nitrogen and oxygen atoms in total. The van der Waals surface area contributed by atoms with Crippen LogP contribution >= 0.6 is 0 Å². The van der Waals surface area contributed by atoms with Crippen LogP contribution in [0.3, 0.4) is 0 Å². The van der Waals surface area contributed by atoms with Crippen molar-refractivity contribution in [1.82, 2.24) is 0 Å². The molecule has 0 aromatic carbocycles. The number of rotatable bonds is 4. The molecule has 0 bridgehead atoms. The molecule has 0 aromatic heterocycles. The quantitative estimate of drug-likeness (QED) is 0.614. The lowest BCUT2D eigenvalue weighted by Gasteiger charge is -2.33. The third kappa shape index (κ3) is 3.31. The van der Waals surface area contributed by atoms with E-state index >= 15 is 0 Å². The van der Waals surface area contributed by atoms with Gasteiger partial charge in [0.05, 0.1) is 0 Å². The molecule has 128 valence electrons. The monoisotopic (exact) mass is 366 g/mol. The largest absolute Gasteiger partial charge is 0.467 e. The van der Waals surface area contributed by atoms with Crippen LogP contribution in [0.1, 0.15) is 0 Å². The third-order valence-corrected chi connectivity index (χ3v) is 2.63. The van der Waals surface area contributed by atoms with E-state index in [2.05, 4.69) is 0 Å². The van der Waals surface area contributed by atoms with E-state index in [0.717, 1.165) is 0 Å². The van der Waals surface area contributed by atoms with Crippen molar-refractivity contribution < 1.29 is 66.0 Å². The van der Waals surface area contributed by atoms with Gasteiger partial charge in [-0.05, 0) is 0 Å². The van der Waals surface area contributed by atoms with Gasteiger partial charge < -0.3 is 0 Å². The maximum Gasteiger partial charge on any atom is 0.467 e. The summed E-state index contributed by atoms with van der Waals surface area (Å²) >= 11 is 0. The predicted molar refractivity (Wildman–Crippen MR) is 38.5 cm³/mol. The van der Waals surface area contributed by atoms with Crippen molar-refractivity contribution in [2.45, 2.75) is 29.6 Å². The summed E-state index contributed by atoms with van der Waals surface area (Å²) in [5.41, 5.74) is 0. The van der Waals surface area contributed by atoms with Gasteiger partial charge in [0.15, 0.2) is 0 Å². The summed E-state index contributed by atoms with van der Waals surface area (Å²) in [6, 6.07) is 0. The Morgan fingerprint density at radius 2 is 1.05 bits per heavy atom. The van der Waals surface area contributed by atoms with Crippen molar-refractivity contribution in [2.24, 2.45) is 0 Å². The van der Waals surface area contributed by atoms with Crippen LogP contribution in [0.15, 0.2) is 0 Å². The molecule has 0 fully saturated rings. The average Bonchev–Trinajstić information content (AvgIpc) is 2.10. The van der Waals surface area contributed by atoms with Crippen molar-refractivity contribution in [3.05, 3.63) is 0 Å². The van der Waals surface area contributed by atoms with Gasteiger partial charge in [0, 0.05) is 0 Å². The maximum atomic E-state index is 12.9. The van der Waals surface area contributed by atoms with Gasteiger partial charge in [-0.25, -0.2) is 0 Å². The van der Waals surface area contributed by atoms with Crippen LogP contribution in [0.5, 0.6) is 0 Å². The topological polar surface area (TPSA) is 63.6 Å². The number of halogens is 11. The Bertz CT molecular complexity index is 490. The fourth-order valence-electron chi connectivity index (χ4n) is 0.651. The Morgan fingerprint density at radius 1 is 0.714 bits per heavy atom. The highest BCUT2D eigenvalue weighted by atomic mass is 32.2. The van der Waals surface area contributed by atoms with Crippen LogP contribution in [-0.2, 0) is 14.9 Å². The molecule has 0 saturated carbocycles. The first kappa shape index (κ1) is 20.1. The molecule has 0 aliphatic heterocycles. The molecule has 0 aliphatic rings. The Morgan fingerprint density at radius 3 is 1.24 bits per heavy atom. The lowest BCUT2D eigenvalue weighted by atomic mass is 10.3. The normalized spacial score (nSPS) is 18.5. The van der Waals surface area contributed by atoms with E-state index in [1.807, 2.05) is 0 Å². The predicted octanol–water partition coefficient (Wildman–Crippen LogP) is 2.87. The molecule has 0 aliphatic carbocycles. The molecule has 1 unspecified atom stereocenters. The maximum absolute atomic E-state index is 12.9. The summed E-state index contributed by atoms with van der Waals surface area (Å²) in [4.78, 5) is 0. The van der Waals surface area contributed by atoms with Gasteiger partial charge in [-0.3, -0.25) is 9.29 Å². The van der Waals surface area contributed by atoms with Crippen LogP contribution in [0, 0.1) is 0 Å². The van der Waals surface area contributed by atoms with E-state index in [4.69, 9.17) is 4.55 Å². The van der Waals surface area contributed by atoms with Crippen LogP contribution in [-0.4, -0.2) is 42.5 Å². The first-order valence-electron chi connectivity index (χ1n) is 3.96. The minimum atomic E-state index is -7.40. The highest BCUT2D eigenvalue weighted by molar-refractivity contribution is 7.87. The molecule has 1 atom stereocenters. The Balaban J connectivity index is 6.01. The van der Waals surface area contributed by atoms with Gasteiger partial charge in [0.1, 0.15) is 0 Å². The van der Waals surface area contributed by atoms with Crippen molar-refractivity contribution in [3.8, 4) is 0 Å². The molecule has 1 N–H and O–H groups in total. The van der Waals surface area contributed by atoms with Gasteiger partial charge >= 0.3 is 39.7 Å². The summed E-state index contributed by atoms with van der Waals surface area (Å²) < 4.78 is 162. The van der Waals surface area contributed by atoms with E-state index in [1.165, 1.54) is 4.74 Å². The van der Waals surface area contributed by atoms with Crippen molar-refractivity contribution in [3.63, 3.8) is 0 Å². The van der Waals surface area contributed by atoms with Gasteiger partial charge in [-0.1, -0.05) is 0 Å². The van der Waals surface area contributed by atoms with E-state index in [-0.39, 0.29) is 0 Å². The van der Waals surface area contributed by atoms with Gasteiger partial charge in [-0.15, -0.1) is 0 Å². The lowest BCUT2D eigenvalue weighted by Crippen LogP contribution is -2.61. The summed E-state index contributed by atoms with van der Waals surface area (Å²) in [5.74, 6) is -7.40. The third-order valence-electron chi connectivity index (χ3n) is 1.65. The molecule has 0 saturated heterocycles. The summed E-state index contributed by atoms with van der Waals surface area (Å²) in [7, 11) is -7.36. The van der Waals surface area contributed by atoms with E-state index in [0.29, 0.717) is 0 Å². The van der Waals surface area contributed by atoms with Crippen molar-refractivity contribution >= 4 is 10.1 Å². The van der Waals surface area contributed by atoms with Crippen LogP contribution in [0.4, 0.5) is 48.3 Å². The highest BCUT2D eigenvalue weighted by Crippen LogP contribution is 2.51. The van der Waals surface area contributed by atoms with Crippen LogP contribution < -0.4 is 0 Å². The molecule has 16 heteroatoms. The second-order valence-electron chi connectivity index (χ2n) is 3.20. The molecule has 0 aromatic rings. The van der Waals surface area contributed by atoms with Gasteiger partial charge in [0.2, 0.25) is 0 Å². The molecule has 0 spiro atoms. The van der Waals surface area contributed by atoms with E-state index < -0.39 is 39.7 Å². The zero-order valence-corrected chi connectivity index (χ0v) is 9.55. The fraction of sp³-hybridized carbons (Fsp3) is 1.00. The molecule has 0 rings (SSSR count). The molecular formula is C5HF11O4S. The minimum Gasteiger partial charge on any atom is -0.281 e. The summed E-state index contributed by atoms with van der Waals surface area (Å²) in [6.45, 7) is 0. The zero-order chi connectivity index (χ0) is 17.7. The summed E-state index contributed by atoms with van der Waals surface area (Å²) in [5, 5.41) is -6.92. The Labute approximate surface area is 107 Å². The Hall–Kier alpha value is -0.900.